The lowest BCUT2D eigenvalue weighted by Crippen LogP contribution is -2.42. The van der Waals surface area contributed by atoms with Crippen LogP contribution >= 0.6 is 0 Å². The summed E-state index contributed by atoms with van der Waals surface area (Å²) in [7, 11) is 0. The van der Waals surface area contributed by atoms with Crippen molar-refractivity contribution in [2.75, 3.05) is 11.1 Å². The molecule has 0 aliphatic carbocycles. The van der Waals surface area contributed by atoms with E-state index in [1.807, 2.05) is 44.2 Å². The lowest BCUT2D eigenvalue weighted by molar-refractivity contribution is 0.133. The Morgan fingerprint density at radius 1 is 1.20 bits per heavy atom. The lowest BCUT2D eigenvalue weighted by atomic mass is 9.99. The van der Waals surface area contributed by atoms with Gasteiger partial charge in [-0.25, -0.2) is 9.97 Å². The van der Waals surface area contributed by atoms with E-state index in [-0.39, 0.29) is 0 Å². The number of aromatic nitrogens is 2. The van der Waals surface area contributed by atoms with E-state index in [0.717, 1.165) is 5.56 Å². The second-order valence-corrected chi connectivity index (χ2v) is 5.39. The lowest BCUT2D eigenvalue weighted by Gasteiger charge is -2.30. The molecule has 2 aromatic rings. The van der Waals surface area contributed by atoms with Crippen LogP contribution in [0.15, 0.2) is 36.4 Å². The Hall–Kier alpha value is -2.14. The summed E-state index contributed by atoms with van der Waals surface area (Å²) in [5, 5.41) is 12.9. The van der Waals surface area contributed by atoms with Gasteiger partial charge in [0.2, 0.25) is 0 Å². The van der Waals surface area contributed by atoms with Crippen molar-refractivity contribution in [1.29, 1.82) is 0 Å². The van der Waals surface area contributed by atoms with E-state index in [2.05, 4.69) is 15.3 Å². The molecule has 1 atom stereocenters. The Kier molecular flexibility index (Phi) is 3.90. The molecule has 0 saturated carbocycles. The standard InChI is InChI=1S/C15H20N4O/c1-10(20)15(2,3)19-13-9-12(16)17-14(18-13)11-7-5-4-6-8-11/h4-10,20H,1-3H3,(H3,16,17,18,19). The normalized spacial score (nSPS) is 13.0. The molecule has 4 N–H and O–H groups in total. The number of hydrogen-bond donors (Lipinski definition) is 3. The third kappa shape index (κ3) is 3.24. The van der Waals surface area contributed by atoms with Gasteiger partial charge < -0.3 is 16.2 Å². The maximum absolute atomic E-state index is 9.76. The highest BCUT2D eigenvalue weighted by molar-refractivity contribution is 5.60. The topological polar surface area (TPSA) is 84.1 Å². The van der Waals surface area contributed by atoms with Crippen LogP contribution in [-0.4, -0.2) is 26.7 Å². The highest BCUT2D eigenvalue weighted by Gasteiger charge is 2.24. The quantitative estimate of drug-likeness (QED) is 0.795. The number of rotatable bonds is 4. The minimum Gasteiger partial charge on any atom is -0.391 e. The van der Waals surface area contributed by atoms with Crippen LogP contribution in [-0.2, 0) is 0 Å². The zero-order valence-corrected chi connectivity index (χ0v) is 12.0. The van der Waals surface area contributed by atoms with Gasteiger partial charge in [-0.3, -0.25) is 0 Å². The van der Waals surface area contributed by atoms with Crippen molar-refractivity contribution < 1.29 is 5.11 Å². The molecule has 1 aromatic heterocycles. The SMILES string of the molecule is CC(O)C(C)(C)Nc1cc(N)nc(-c2ccccc2)n1. The Labute approximate surface area is 118 Å². The minimum atomic E-state index is -0.529. The van der Waals surface area contributed by atoms with Crippen LogP contribution < -0.4 is 11.1 Å². The zero-order valence-electron chi connectivity index (χ0n) is 12.0. The van der Waals surface area contributed by atoms with Crippen LogP contribution in [0, 0.1) is 0 Å². The monoisotopic (exact) mass is 272 g/mol. The molecule has 5 heteroatoms. The molecule has 106 valence electrons. The van der Waals surface area contributed by atoms with E-state index in [1.165, 1.54) is 0 Å². The van der Waals surface area contributed by atoms with E-state index in [4.69, 9.17) is 5.73 Å². The summed E-state index contributed by atoms with van der Waals surface area (Å²) in [6.07, 6.45) is -0.529. The summed E-state index contributed by atoms with van der Waals surface area (Å²) in [5.41, 5.74) is 6.23. The predicted octanol–water partition coefficient (Wildman–Crippen LogP) is 2.30. The third-order valence-corrected chi connectivity index (χ3v) is 3.27. The Balaban J connectivity index is 2.35. The molecule has 1 aromatic carbocycles. The van der Waals surface area contributed by atoms with E-state index in [0.29, 0.717) is 17.5 Å². The zero-order chi connectivity index (χ0) is 14.8. The van der Waals surface area contributed by atoms with E-state index in [1.54, 1.807) is 13.0 Å². The van der Waals surface area contributed by atoms with Gasteiger partial charge in [0.25, 0.3) is 0 Å². The van der Waals surface area contributed by atoms with Gasteiger partial charge >= 0.3 is 0 Å². The Morgan fingerprint density at radius 2 is 1.85 bits per heavy atom. The molecule has 0 spiro atoms. The molecule has 5 nitrogen and oxygen atoms in total. The van der Waals surface area contributed by atoms with Crippen molar-refractivity contribution in [2.45, 2.75) is 32.4 Å². The molecule has 2 rings (SSSR count). The van der Waals surface area contributed by atoms with Gasteiger partial charge in [-0.1, -0.05) is 30.3 Å². The number of nitrogen functional groups attached to an aromatic ring is 1. The van der Waals surface area contributed by atoms with Crippen molar-refractivity contribution in [3.05, 3.63) is 36.4 Å². The number of nitrogens with zero attached hydrogens (tertiary/aromatic N) is 2. The fourth-order valence-electron chi connectivity index (χ4n) is 1.68. The second-order valence-electron chi connectivity index (χ2n) is 5.39. The molecule has 0 aliphatic heterocycles. The van der Waals surface area contributed by atoms with Gasteiger partial charge in [-0.05, 0) is 20.8 Å². The number of nitrogens with one attached hydrogen (secondary N) is 1. The van der Waals surface area contributed by atoms with E-state index < -0.39 is 11.6 Å². The van der Waals surface area contributed by atoms with Crippen LogP contribution in [0.2, 0.25) is 0 Å². The van der Waals surface area contributed by atoms with Crippen LogP contribution in [0.25, 0.3) is 11.4 Å². The number of benzene rings is 1. The molecular weight excluding hydrogens is 252 g/mol. The molecule has 0 bridgehead atoms. The number of aliphatic hydroxyl groups excluding tert-OH is 1. The average Bonchev–Trinajstić information content (AvgIpc) is 2.38. The van der Waals surface area contributed by atoms with Crippen molar-refractivity contribution in [1.82, 2.24) is 9.97 Å². The number of nitrogens with two attached hydrogens (primary N) is 1. The summed E-state index contributed by atoms with van der Waals surface area (Å²) >= 11 is 0. The molecule has 0 fully saturated rings. The smallest absolute Gasteiger partial charge is 0.163 e. The first-order valence-electron chi connectivity index (χ1n) is 6.55. The Bertz CT molecular complexity index is 582. The number of aliphatic hydroxyl groups is 1. The first-order valence-corrected chi connectivity index (χ1v) is 6.55. The molecular formula is C15H20N4O. The highest BCUT2D eigenvalue weighted by atomic mass is 16.3. The van der Waals surface area contributed by atoms with Crippen molar-refractivity contribution in [3.8, 4) is 11.4 Å². The van der Waals surface area contributed by atoms with E-state index >= 15 is 0 Å². The van der Waals surface area contributed by atoms with Gasteiger partial charge in [0.1, 0.15) is 11.6 Å². The molecule has 0 aliphatic rings. The maximum Gasteiger partial charge on any atom is 0.163 e. The number of anilines is 2. The van der Waals surface area contributed by atoms with E-state index in [9.17, 15) is 5.11 Å². The van der Waals surface area contributed by atoms with Crippen molar-refractivity contribution in [2.24, 2.45) is 0 Å². The van der Waals surface area contributed by atoms with Crippen molar-refractivity contribution in [3.63, 3.8) is 0 Å². The average molecular weight is 272 g/mol. The molecule has 0 saturated heterocycles. The number of hydrogen-bond acceptors (Lipinski definition) is 5. The summed E-state index contributed by atoms with van der Waals surface area (Å²) in [6.45, 7) is 5.53. The van der Waals surface area contributed by atoms with Gasteiger partial charge in [-0.15, -0.1) is 0 Å². The van der Waals surface area contributed by atoms with Crippen LogP contribution in [0.3, 0.4) is 0 Å². The molecule has 20 heavy (non-hydrogen) atoms. The van der Waals surface area contributed by atoms with Gasteiger partial charge in [0, 0.05) is 11.6 Å². The largest absolute Gasteiger partial charge is 0.391 e. The third-order valence-electron chi connectivity index (χ3n) is 3.27. The molecule has 0 amide bonds. The highest BCUT2D eigenvalue weighted by Crippen LogP contribution is 2.22. The summed E-state index contributed by atoms with van der Waals surface area (Å²) in [6, 6.07) is 11.3. The molecule has 0 radical (unpaired) electrons. The van der Waals surface area contributed by atoms with Gasteiger partial charge in [-0.2, -0.15) is 0 Å². The summed E-state index contributed by atoms with van der Waals surface area (Å²) < 4.78 is 0. The van der Waals surface area contributed by atoms with Crippen LogP contribution in [0.5, 0.6) is 0 Å². The fourth-order valence-corrected chi connectivity index (χ4v) is 1.68. The molecule has 1 unspecified atom stereocenters. The first-order chi connectivity index (χ1) is 9.38. The fraction of sp³-hybridized carbons (Fsp3) is 0.333. The van der Waals surface area contributed by atoms with Crippen LogP contribution in [0.1, 0.15) is 20.8 Å². The van der Waals surface area contributed by atoms with Crippen molar-refractivity contribution >= 4 is 11.6 Å². The maximum atomic E-state index is 9.76. The van der Waals surface area contributed by atoms with Gasteiger partial charge in [0.15, 0.2) is 5.82 Å². The van der Waals surface area contributed by atoms with Gasteiger partial charge in [0.05, 0.1) is 11.6 Å². The van der Waals surface area contributed by atoms with Crippen LogP contribution in [0.4, 0.5) is 11.6 Å². The predicted molar refractivity (Wildman–Crippen MR) is 81.3 cm³/mol. The molecule has 1 heterocycles. The first kappa shape index (κ1) is 14.3. The minimum absolute atomic E-state index is 0.391. The second kappa shape index (κ2) is 5.46. The Morgan fingerprint density at radius 3 is 2.45 bits per heavy atom. The summed E-state index contributed by atoms with van der Waals surface area (Å²) in [5.74, 6) is 1.56. The summed E-state index contributed by atoms with van der Waals surface area (Å²) in [4.78, 5) is 8.70.